The molecule has 0 saturated heterocycles. The normalized spacial score (nSPS) is 13.4. The van der Waals surface area contributed by atoms with Crippen LogP contribution in [0.3, 0.4) is 0 Å². The Bertz CT molecular complexity index is 1100. The number of rotatable bonds is 5. The molecule has 8 nitrogen and oxygen atoms in total. The molecule has 0 spiro atoms. The molecular weight excluding hydrogens is 452 g/mol. The zero-order valence-electron chi connectivity index (χ0n) is 14.4. The molecule has 0 saturated carbocycles. The van der Waals surface area contributed by atoms with Crippen molar-refractivity contribution in [2.75, 3.05) is 11.9 Å². The number of aryl methyl sites for hydroxylation is 1. The number of benzene rings is 2. The van der Waals surface area contributed by atoms with Crippen LogP contribution in [-0.2, 0) is 26.0 Å². The summed E-state index contributed by atoms with van der Waals surface area (Å²) in [5.41, 5.74) is 1.78. The summed E-state index contributed by atoms with van der Waals surface area (Å²) in [7, 11) is -3.99. The van der Waals surface area contributed by atoms with Gasteiger partial charge in [-0.25, -0.2) is 18.4 Å². The molecule has 10 heteroatoms. The van der Waals surface area contributed by atoms with Crippen LogP contribution in [0.25, 0.3) is 0 Å². The quantitative estimate of drug-likeness (QED) is 0.511. The fourth-order valence-corrected chi connectivity index (χ4v) is 3.64. The minimum Gasteiger partial charge on any atom is -0.454 e. The van der Waals surface area contributed by atoms with Crippen molar-refractivity contribution in [3.05, 3.63) is 57.6 Å². The Kier molecular flexibility index (Phi) is 5.64. The highest BCUT2D eigenvalue weighted by atomic mass is 79.9. The van der Waals surface area contributed by atoms with E-state index in [1.807, 2.05) is 0 Å². The number of primary sulfonamides is 1. The SMILES string of the molecule is NS(=O)(=O)c1ccc(Br)c(C(=O)OCC(=O)c2ccc3c(c2)CCC(=O)N3)c1. The number of nitrogens with two attached hydrogens (primary N) is 1. The average molecular weight is 467 g/mol. The maximum absolute atomic E-state index is 12.3. The number of esters is 1. The minimum absolute atomic E-state index is 0.0625. The first-order valence-corrected chi connectivity index (χ1v) is 10.4. The topological polar surface area (TPSA) is 133 Å². The van der Waals surface area contributed by atoms with Crippen LogP contribution in [0.15, 0.2) is 45.8 Å². The lowest BCUT2D eigenvalue weighted by atomic mass is 9.99. The van der Waals surface area contributed by atoms with Crippen LogP contribution >= 0.6 is 15.9 Å². The summed E-state index contributed by atoms with van der Waals surface area (Å²) in [6.45, 7) is -0.518. The van der Waals surface area contributed by atoms with E-state index in [9.17, 15) is 22.8 Å². The summed E-state index contributed by atoms with van der Waals surface area (Å²) in [6, 6.07) is 8.51. The van der Waals surface area contributed by atoms with Gasteiger partial charge in [-0.3, -0.25) is 9.59 Å². The second-order valence-corrected chi connectivity index (χ2v) is 8.52. The fourth-order valence-electron chi connectivity index (χ4n) is 2.69. The molecule has 0 radical (unpaired) electrons. The molecule has 1 amide bonds. The molecule has 3 rings (SSSR count). The summed E-state index contributed by atoms with van der Waals surface area (Å²) in [4.78, 5) is 35.8. The summed E-state index contributed by atoms with van der Waals surface area (Å²) >= 11 is 3.14. The van der Waals surface area contributed by atoms with Crippen LogP contribution in [0.2, 0.25) is 0 Å². The number of Topliss-reactive ketones (excluding diaryl/α,β-unsaturated/α-hetero) is 1. The lowest BCUT2D eigenvalue weighted by Crippen LogP contribution is -2.20. The Balaban J connectivity index is 1.71. The highest BCUT2D eigenvalue weighted by molar-refractivity contribution is 9.10. The molecule has 3 N–H and O–H groups in total. The van der Waals surface area contributed by atoms with Gasteiger partial charge in [0.2, 0.25) is 15.9 Å². The number of ether oxygens (including phenoxy) is 1. The van der Waals surface area contributed by atoms with E-state index in [-0.39, 0.29) is 16.4 Å². The first-order chi connectivity index (χ1) is 13.1. The van der Waals surface area contributed by atoms with Crippen LogP contribution in [0.5, 0.6) is 0 Å². The van der Waals surface area contributed by atoms with Crippen molar-refractivity contribution in [1.82, 2.24) is 0 Å². The number of carbonyl (C=O) groups excluding carboxylic acids is 3. The Morgan fingerprint density at radius 1 is 1.14 bits per heavy atom. The van der Waals surface area contributed by atoms with Gasteiger partial charge < -0.3 is 10.1 Å². The number of carbonyl (C=O) groups is 3. The zero-order chi connectivity index (χ0) is 20.5. The van der Waals surface area contributed by atoms with Crippen molar-refractivity contribution in [3.63, 3.8) is 0 Å². The first kappa shape index (κ1) is 20.2. The number of hydrogen-bond acceptors (Lipinski definition) is 6. The van der Waals surface area contributed by atoms with Gasteiger partial charge in [-0.1, -0.05) is 0 Å². The number of hydrogen-bond donors (Lipinski definition) is 2. The molecule has 1 aliphatic heterocycles. The van der Waals surface area contributed by atoms with Gasteiger partial charge in [0.05, 0.1) is 10.5 Å². The molecule has 2 aromatic rings. The number of fused-ring (bicyclic) bond motifs is 1. The summed E-state index contributed by atoms with van der Waals surface area (Å²) in [5, 5.41) is 7.78. The van der Waals surface area contributed by atoms with Gasteiger partial charge in [0.25, 0.3) is 0 Å². The van der Waals surface area contributed by atoms with Gasteiger partial charge in [0.1, 0.15) is 0 Å². The van der Waals surface area contributed by atoms with Gasteiger partial charge in [0.15, 0.2) is 12.4 Å². The molecule has 0 aromatic heterocycles. The van der Waals surface area contributed by atoms with Gasteiger partial charge in [-0.2, -0.15) is 0 Å². The molecular formula is C18H15BrN2O6S. The van der Waals surface area contributed by atoms with Gasteiger partial charge in [-0.05, 0) is 64.3 Å². The van der Waals surface area contributed by atoms with Crippen molar-refractivity contribution in [2.24, 2.45) is 5.14 Å². The second-order valence-electron chi connectivity index (χ2n) is 6.11. The van der Waals surface area contributed by atoms with Crippen LogP contribution < -0.4 is 10.5 Å². The van der Waals surface area contributed by atoms with Crippen molar-refractivity contribution in [3.8, 4) is 0 Å². The highest BCUT2D eigenvalue weighted by Crippen LogP contribution is 2.24. The van der Waals surface area contributed by atoms with E-state index in [1.54, 1.807) is 12.1 Å². The van der Waals surface area contributed by atoms with Crippen LogP contribution in [-0.4, -0.2) is 32.7 Å². The van der Waals surface area contributed by atoms with Gasteiger partial charge in [0, 0.05) is 22.1 Å². The third-order valence-corrected chi connectivity index (χ3v) is 5.75. The molecule has 0 bridgehead atoms. The standard InChI is InChI=1S/C18H15BrN2O6S/c19-14-4-3-12(28(20,25)26)8-13(14)18(24)27-9-16(22)11-1-5-15-10(7-11)2-6-17(23)21-15/h1,3-5,7-8H,2,6,9H2,(H,21,23)(H2,20,25,26). The monoisotopic (exact) mass is 466 g/mol. The predicted octanol–water partition coefficient (Wildman–Crippen LogP) is 2.02. The van der Waals surface area contributed by atoms with E-state index in [0.29, 0.717) is 28.6 Å². The van der Waals surface area contributed by atoms with Crippen molar-refractivity contribution >= 4 is 49.3 Å². The average Bonchev–Trinajstić information content (AvgIpc) is 2.64. The van der Waals surface area contributed by atoms with E-state index in [4.69, 9.17) is 9.88 Å². The van der Waals surface area contributed by atoms with Crippen LogP contribution in [0, 0.1) is 0 Å². The third-order valence-electron chi connectivity index (χ3n) is 4.14. The summed E-state index contributed by atoms with van der Waals surface area (Å²) < 4.78 is 28.2. The van der Waals surface area contributed by atoms with Crippen molar-refractivity contribution in [2.45, 2.75) is 17.7 Å². The molecule has 0 aliphatic carbocycles. The Hall–Kier alpha value is -2.56. The Morgan fingerprint density at radius 3 is 2.61 bits per heavy atom. The smallest absolute Gasteiger partial charge is 0.339 e. The van der Waals surface area contributed by atoms with Crippen molar-refractivity contribution < 1.29 is 27.5 Å². The first-order valence-electron chi connectivity index (χ1n) is 8.10. The Morgan fingerprint density at radius 2 is 1.89 bits per heavy atom. The van der Waals surface area contributed by atoms with E-state index in [2.05, 4.69) is 21.2 Å². The van der Waals surface area contributed by atoms with E-state index in [1.165, 1.54) is 18.2 Å². The van der Waals surface area contributed by atoms with Gasteiger partial charge >= 0.3 is 5.97 Å². The summed E-state index contributed by atoms with van der Waals surface area (Å²) in [6.07, 6.45) is 0.865. The highest BCUT2D eigenvalue weighted by Gasteiger charge is 2.20. The predicted molar refractivity (Wildman–Crippen MR) is 104 cm³/mol. The molecule has 1 heterocycles. The number of sulfonamides is 1. The molecule has 2 aromatic carbocycles. The number of nitrogens with one attached hydrogen (secondary N) is 1. The number of ketones is 1. The van der Waals surface area contributed by atoms with E-state index >= 15 is 0 Å². The van der Waals surface area contributed by atoms with E-state index in [0.717, 1.165) is 11.6 Å². The van der Waals surface area contributed by atoms with E-state index < -0.39 is 28.4 Å². The lowest BCUT2D eigenvalue weighted by Gasteiger charge is -2.17. The van der Waals surface area contributed by atoms with Crippen LogP contribution in [0.1, 0.15) is 32.7 Å². The molecule has 0 atom stereocenters. The maximum atomic E-state index is 12.3. The number of anilines is 1. The lowest BCUT2D eigenvalue weighted by molar-refractivity contribution is -0.116. The molecule has 0 fully saturated rings. The van der Waals surface area contributed by atoms with Gasteiger partial charge in [-0.15, -0.1) is 0 Å². The number of halogens is 1. The third kappa shape index (κ3) is 4.46. The molecule has 0 unspecified atom stereocenters. The Labute approximate surface area is 169 Å². The van der Waals surface area contributed by atoms with Crippen molar-refractivity contribution in [1.29, 1.82) is 0 Å². The second kappa shape index (κ2) is 7.82. The maximum Gasteiger partial charge on any atom is 0.339 e. The fraction of sp³-hybridized carbons (Fsp3) is 0.167. The number of amides is 1. The molecule has 146 valence electrons. The molecule has 28 heavy (non-hydrogen) atoms. The summed E-state index contributed by atoms with van der Waals surface area (Å²) in [5.74, 6) is -1.37. The largest absolute Gasteiger partial charge is 0.454 e. The van der Waals surface area contributed by atoms with Crippen LogP contribution in [0.4, 0.5) is 5.69 Å². The minimum atomic E-state index is -3.99. The molecule has 1 aliphatic rings. The zero-order valence-corrected chi connectivity index (χ0v) is 16.8.